The molecule has 2 heterocycles. The van der Waals surface area contributed by atoms with Gasteiger partial charge in [0.15, 0.2) is 0 Å². The number of benzene rings is 2. The first-order valence-corrected chi connectivity index (χ1v) is 9.10. The zero-order valence-electron chi connectivity index (χ0n) is 15.6. The number of nitrogens with zero attached hydrogens (tertiary/aromatic N) is 3. The summed E-state index contributed by atoms with van der Waals surface area (Å²) in [5.74, 6) is 6.26. The quantitative estimate of drug-likeness (QED) is 0.300. The lowest BCUT2D eigenvalue weighted by Gasteiger charge is -2.10. The summed E-state index contributed by atoms with van der Waals surface area (Å²) in [7, 11) is 0. The summed E-state index contributed by atoms with van der Waals surface area (Å²) in [4.78, 5) is 8.58. The molecule has 0 aliphatic rings. The molecule has 6 nitrogen and oxygen atoms in total. The maximum Gasteiger partial charge on any atom is 0.130 e. The maximum atomic E-state index is 8.36. The van der Waals surface area contributed by atoms with Crippen LogP contribution in [0, 0.1) is 5.41 Å². The number of para-hydroxylation sites is 1. The third-order valence-corrected chi connectivity index (χ3v) is 4.51. The molecule has 6 heteroatoms. The molecule has 3 N–H and O–H groups in total. The van der Waals surface area contributed by atoms with Crippen LogP contribution in [0.4, 0.5) is 0 Å². The van der Waals surface area contributed by atoms with E-state index in [1.165, 1.54) is 0 Å². The second kappa shape index (κ2) is 8.31. The van der Waals surface area contributed by atoms with Gasteiger partial charge in [-0.3, -0.25) is 10.4 Å². The summed E-state index contributed by atoms with van der Waals surface area (Å²) in [5.41, 5.74) is 3.89. The van der Waals surface area contributed by atoms with Crippen LogP contribution in [0.3, 0.4) is 0 Å². The second-order valence-electron chi connectivity index (χ2n) is 6.40. The molecule has 2 aromatic carbocycles. The van der Waals surface area contributed by atoms with Crippen LogP contribution in [-0.4, -0.2) is 21.4 Å². The molecular formula is C23H19N5O. The van der Waals surface area contributed by atoms with Crippen LogP contribution in [0.5, 0.6) is 5.75 Å². The zero-order valence-corrected chi connectivity index (χ0v) is 15.6. The molecule has 0 unspecified atom stereocenters. The van der Waals surface area contributed by atoms with Crippen LogP contribution in [0.2, 0.25) is 0 Å². The van der Waals surface area contributed by atoms with Gasteiger partial charge in [-0.2, -0.15) is 5.10 Å². The molecule has 0 bridgehead atoms. The van der Waals surface area contributed by atoms with Gasteiger partial charge in [0.2, 0.25) is 0 Å². The van der Waals surface area contributed by atoms with Crippen molar-refractivity contribution in [2.75, 3.05) is 0 Å². The van der Waals surface area contributed by atoms with Gasteiger partial charge in [-0.15, -0.1) is 0 Å². The topological polar surface area (TPSA) is 97.2 Å². The molecule has 0 spiro atoms. The van der Waals surface area contributed by atoms with Gasteiger partial charge >= 0.3 is 0 Å². The van der Waals surface area contributed by atoms with Gasteiger partial charge in [0.05, 0.1) is 16.9 Å². The van der Waals surface area contributed by atoms with Gasteiger partial charge in [-0.1, -0.05) is 24.3 Å². The summed E-state index contributed by atoms with van der Waals surface area (Å²) in [6, 6.07) is 22.8. The first-order valence-electron chi connectivity index (χ1n) is 9.10. The summed E-state index contributed by atoms with van der Waals surface area (Å²) in [6.07, 6.45) is 3.27. The van der Waals surface area contributed by atoms with E-state index in [9.17, 15) is 0 Å². The standard InChI is InChI=1S/C23H19N5O/c24-22(17-11-13-26-14-12-17)23(28-25)18-6-9-20(10-7-18)29-15-19-8-5-16-3-1-2-4-21(16)27-19/h1-14,24H,15,25H2. The summed E-state index contributed by atoms with van der Waals surface area (Å²) >= 11 is 0. The fourth-order valence-corrected chi connectivity index (χ4v) is 2.99. The molecule has 29 heavy (non-hydrogen) atoms. The van der Waals surface area contributed by atoms with E-state index in [1.54, 1.807) is 24.5 Å². The van der Waals surface area contributed by atoms with Crippen molar-refractivity contribution in [3.8, 4) is 5.75 Å². The van der Waals surface area contributed by atoms with Crippen molar-refractivity contribution in [2.24, 2.45) is 10.9 Å². The molecule has 0 aliphatic carbocycles. The second-order valence-corrected chi connectivity index (χ2v) is 6.40. The Morgan fingerprint density at radius 2 is 1.66 bits per heavy atom. The predicted molar refractivity (Wildman–Crippen MR) is 114 cm³/mol. The van der Waals surface area contributed by atoms with Crippen LogP contribution in [-0.2, 0) is 6.61 Å². The highest BCUT2D eigenvalue weighted by Gasteiger charge is 2.12. The lowest BCUT2D eigenvalue weighted by atomic mass is 10.0. The number of hydrogen-bond acceptors (Lipinski definition) is 6. The third kappa shape index (κ3) is 4.11. The van der Waals surface area contributed by atoms with Crippen LogP contribution in [0.15, 0.2) is 90.3 Å². The Morgan fingerprint density at radius 3 is 2.41 bits per heavy atom. The summed E-state index contributed by atoms with van der Waals surface area (Å²) < 4.78 is 5.86. The number of hydrogen-bond donors (Lipinski definition) is 2. The Hall–Kier alpha value is -4.06. The number of aromatic nitrogens is 2. The Balaban J connectivity index is 1.46. The lowest BCUT2D eigenvalue weighted by Crippen LogP contribution is -2.17. The summed E-state index contributed by atoms with van der Waals surface area (Å²) in [6.45, 7) is 0.370. The van der Waals surface area contributed by atoms with Gasteiger partial charge < -0.3 is 10.6 Å². The molecule has 0 atom stereocenters. The number of fused-ring (bicyclic) bond motifs is 1. The van der Waals surface area contributed by atoms with Crippen LogP contribution < -0.4 is 10.6 Å². The SMILES string of the molecule is N=C(C(=NN)c1ccc(OCc2ccc3ccccc3n2)cc1)c1ccncc1. The van der Waals surface area contributed by atoms with Gasteiger partial charge in [0.25, 0.3) is 0 Å². The predicted octanol–water partition coefficient (Wildman–Crippen LogP) is 3.94. The van der Waals surface area contributed by atoms with E-state index < -0.39 is 0 Å². The maximum absolute atomic E-state index is 8.36. The van der Waals surface area contributed by atoms with Crippen molar-refractivity contribution >= 4 is 22.3 Å². The molecule has 4 rings (SSSR count). The number of ether oxygens (including phenoxy) is 1. The lowest BCUT2D eigenvalue weighted by molar-refractivity contribution is 0.302. The minimum Gasteiger partial charge on any atom is -0.487 e. The minimum atomic E-state index is 0.240. The minimum absolute atomic E-state index is 0.240. The monoisotopic (exact) mass is 381 g/mol. The molecule has 142 valence electrons. The molecule has 0 amide bonds. The number of hydrazone groups is 1. The fraction of sp³-hybridized carbons (Fsp3) is 0.0435. The number of nitrogens with one attached hydrogen (secondary N) is 1. The van der Waals surface area contributed by atoms with Gasteiger partial charge in [-0.25, -0.2) is 4.98 Å². The molecular weight excluding hydrogens is 362 g/mol. The number of nitrogens with two attached hydrogens (primary N) is 1. The Bertz CT molecular complexity index is 1170. The Morgan fingerprint density at radius 1 is 0.897 bits per heavy atom. The fourth-order valence-electron chi connectivity index (χ4n) is 2.99. The highest BCUT2D eigenvalue weighted by Crippen LogP contribution is 2.17. The zero-order chi connectivity index (χ0) is 20.1. The number of pyridine rings is 2. The molecule has 2 aromatic heterocycles. The first-order chi connectivity index (χ1) is 14.2. The van der Waals surface area contributed by atoms with E-state index in [4.69, 9.17) is 16.0 Å². The third-order valence-electron chi connectivity index (χ3n) is 4.51. The largest absolute Gasteiger partial charge is 0.487 e. The van der Waals surface area contributed by atoms with Crippen LogP contribution in [0.1, 0.15) is 16.8 Å². The normalized spacial score (nSPS) is 11.4. The van der Waals surface area contributed by atoms with Crippen molar-refractivity contribution in [2.45, 2.75) is 6.61 Å². The number of rotatable bonds is 6. The molecule has 0 radical (unpaired) electrons. The van der Waals surface area contributed by atoms with E-state index in [-0.39, 0.29) is 5.71 Å². The van der Waals surface area contributed by atoms with Crippen molar-refractivity contribution in [3.05, 3.63) is 102 Å². The van der Waals surface area contributed by atoms with Gasteiger partial charge in [-0.05, 0) is 48.5 Å². The Labute approximate surface area is 168 Å². The molecule has 0 fully saturated rings. The van der Waals surface area contributed by atoms with Gasteiger partial charge in [0.1, 0.15) is 18.1 Å². The van der Waals surface area contributed by atoms with E-state index in [0.717, 1.165) is 22.2 Å². The van der Waals surface area contributed by atoms with Crippen LogP contribution in [0.25, 0.3) is 10.9 Å². The Kier molecular flexibility index (Phi) is 5.25. The van der Waals surface area contributed by atoms with Crippen molar-refractivity contribution in [1.29, 1.82) is 5.41 Å². The van der Waals surface area contributed by atoms with Crippen molar-refractivity contribution < 1.29 is 4.74 Å². The molecule has 0 saturated heterocycles. The van der Waals surface area contributed by atoms with E-state index in [0.29, 0.717) is 23.6 Å². The van der Waals surface area contributed by atoms with Gasteiger partial charge in [0, 0.05) is 28.9 Å². The molecule has 0 aliphatic heterocycles. The highest BCUT2D eigenvalue weighted by atomic mass is 16.5. The van der Waals surface area contributed by atoms with Crippen molar-refractivity contribution in [3.63, 3.8) is 0 Å². The average molecular weight is 381 g/mol. The van der Waals surface area contributed by atoms with E-state index >= 15 is 0 Å². The molecule has 4 aromatic rings. The smallest absolute Gasteiger partial charge is 0.130 e. The van der Waals surface area contributed by atoms with E-state index in [1.807, 2.05) is 60.7 Å². The molecule has 0 saturated carbocycles. The first kappa shape index (κ1) is 18.3. The van der Waals surface area contributed by atoms with E-state index in [2.05, 4.69) is 15.1 Å². The van der Waals surface area contributed by atoms with Crippen molar-refractivity contribution in [1.82, 2.24) is 9.97 Å². The highest BCUT2D eigenvalue weighted by molar-refractivity contribution is 6.52. The van der Waals surface area contributed by atoms with Crippen LogP contribution >= 0.6 is 0 Å². The average Bonchev–Trinajstić information content (AvgIpc) is 2.79. The summed E-state index contributed by atoms with van der Waals surface area (Å²) in [5, 5.41) is 13.3.